The monoisotopic (exact) mass is 336 g/mol. The fourth-order valence-corrected chi connectivity index (χ4v) is 3.30. The van der Waals surface area contributed by atoms with Crippen molar-refractivity contribution in [1.82, 2.24) is 10.2 Å². The van der Waals surface area contributed by atoms with Crippen LogP contribution >= 0.6 is 11.6 Å². The molecule has 1 aromatic rings. The zero-order valence-corrected chi connectivity index (χ0v) is 14.6. The first-order chi connectivity index (χ1) is 11.0. The number of piperidine rings is 1. The molecule has 0 spiro atoms. The number of rotatable bonds is 5. The summed E-state index contributed by atoms with van der Waals surface area (Å²) in [5.41, 5.74) is 0.583. The molecule has 0 unspecified atom stereocenters. The van der Waals surface area contributed by atoms with Crippen LogP contribution in [0.25, 0.3) is 0 Å². The fraction of sp³-hybridized carbons (Fsp3) is 0.556. The first-order valence-corrected chi connectivity index (χ1v) is 8.65. The Morgan fingerprint density at radius 1 is 1.17 bits per heavy atom. The Morgan fingerprint density at radius 2 is 1.78 bits per heavy atom. The van der Waals surface area contributed by atoms with Crippen molar-refractivity contribution in [1.29, 1.82) is 0 Å². The van der Waals surface area contributed by atoms with Gasteiger partial charge >= 0.3 is 0 Å². The Kier molecular flexibility index (Phi) is 6.46. The van der Waals surface area contributed by atoms with Gasteiger partial charge in [-0.2, -0.15) is 0 Å². The molecule has 0 radical (unpaired) electrons. The van der Waals surface area contributed by atoms with E-state index in [1.807, 2.05) is 4.90 Å². The summed E-state index contributed by atoms with van der Waals surface area (Å²) in [5, 5.41) is 3.45. The minimum absolute atomic E-state index is 0.130. The van der Waals surface area contributed by atoms with E-state index in [9.17, 15) is 9.59 Å². The van der Waals surface area contributed by atoms with Gasteiger partial charge in [0.15, 0.2) is 0 Å². The van der Waals surface area contributed by atoms with Crippen LogP contribution in [0.1, 0.15) is 43.5 Å². The van der Waals surface area contributed by atoms with Crippen molar-refractivity contribution in [3.05, 3.63) is 34.9 Å². The Morgan fingerprint density at radius 3 is 2.39 bits per heavy atom. The topological polar surface area (TPSA) is 49.4 Å². The van der Waals surface area contributed by atoms with Gasteiger partial charge < -0.3 is 10.2 Å². The highest BCUT2D eigenvalue weighted by molar-refractivity contribution is 6.30. The summed E-state index contributed by atoms with van der Waals surface area (Å²) in [6, 6.07) is 6.77. The van der Waals surface area contributed by atoms with Gasteiger partial charge in [0.25, 0.3) is 5.91 Å². The molecule has 2 rings (SSSR count). The molecule has 23 heavy (non-hydrogen) atoms. The van der Waals surface area contributed by atoms with Crippen LogP contribution in [0.4, 0.5) is 0 Å². The molecule has 1 saturated heterocycles. The summed E-state index contributed by atoms with van der Waals surface area (Å²) >= 11 is 5.80. The van der Waals surface area contributed by atoms with Crippen molar-refractivity contribution in [2.75, 3.05) is 19.6 Å². The lowest BCUT2D eigenvalue weighted by atomic mass is 9.91. The number of halogens is 1. The zero-order chi connectivity index (χ0) is 16.8. The molecule has 0 bridgehead atoms. The second kappa shape index (κ2) is 8.34. The third-order valence-corrected chi connectivity index (χ3v) is 4.43. The van der Waals surface area contributed by atoms with E-state index in [0.717, 1.165) is 13.1 Å². The highest BCUT2D eigenvalue weighted by Crippen LogP contribution is 2.21. The Labute approximate surface area is 143 Å². The SMILES string of the molecule is C[C@H]1C[C@H](C)CN(C(=O)CCCNC(=O)c2ccc(Cl)cc2)C1. The molecular weight excluding hydrogens is 312 g/mol. The highest BCUT2D eigenvalue weighted by Gasteiger charge is 2.24. The van der Waals surface area contributed by atoms with E-state index in [0.29, 0.717) is 41.8 Å². The molecule has 2 atom stereocenters. The van der Waals surface area contributed by atoms with Crippen LogP contribution in [0, 0.1) is 11.8 Å². The van der Waals surface area contributed by atoms with E-state index >= 15 is 0 Å². The highest BCUT2D eigenvalue weighted by atomic mass is 35.5. The van der Waals surface area contributed by atoms with Gasteiger partial charge in [-0.15, -0.1) is 0 Å². The molecule has 4 nitrogen and oxygen atoms in total. The number of hydrogen-bond donors (Lipinski definition) is 1. The average molecular weight is 337 g/mol. The second-order valence-electron chi connectivity index (χ2n) is 6.61. The summed E-state index contributed by atoms with van der Waals surface area (Å²) in [6.45, 7) is 6.62. The molecule has 1 aliphatic heterocycles. The molecule has 1 heterocycles. The molecule has 1 aliphatic rings. The van der Waals surface area contributed by atoms with Crippen molar-refractivity contribution < 1.29 is 9.59 Å². The molecule has 1 fully saturated rings. The number of likely N-dealkylation sites (tertiary alicyclic amines) is 1. The summed E-state index contributed by atoms with van der Waals surface area (Å²) in [6.07, 6.45) is 2.35. The van der Waals surface area contributed by atoms with Crippen LogP contribution in [0.2, 0.25) is 5.02 Å². The first kappa shape index (κ1) is 17.8. The summed E-state index contributed by atoms with van der Waals surface area (Å²) in [5.74, 6) is 1.22. The molecule has 1 N–H and O–H groups in total. The number of amides is 2. The number of carbonyl (C=O) groups excluding carboxylic acids is 2. The van der Waals surface area contributed by atoms with Crippen LogP contribution in [0.3, 0.4) is 0 Å². The maximum absolute atomic E-state index is 12.2. The van der Waals surface area contributed by atoms with Crippen molar-refractivity contribution in [3.63, 3.8) is 0 Å². The Balaban J connectivity index is 1.69. The average Bonchev–Trinajstić information content (AvgIpc) is 2.50. The summed E-state index contributed by atoms with van der Waals surface area (Å²) < 4.78 is 0. The van der Waals surface area contributed by atoms with E-state index in [1.165, 1.54) is 6.42 Å². The van der Waals surface area contributed by atoms with Crippen LogP contribution in [0.5, 0.6) is 0 Å². The Hall–Kier alpha value is -1.55. The van der Waals surface area contributed by atoms with Gasteiger partial charge in [-0.25, -0.2) is 0 Å². The van der Waals surface area contributed by atoms with Crippen molar-refractivity contribution in [2.24, 2.45) is 11.8 Å². The predicted octanol–water partition coefficient (Wildman–Crippen LogP) is 3.35. The fourth-order valence-electron chi connectivity index (χ4n) is 3.17. The third-order valence-electron chi connectivity index (χ3n) is 4.18. The van der Waals surface area contributed by atoms with E-state index in [4.69, 9.17) is 11.6 Å². The van der Waals surface area contributed by atoms with Gasteiger partial charge in [0.1, 0.15) is 0 Å². The van der Waals surface area contributed by atoms with Gasteiger partial charge in [-0.05, 0) is 48.9 Å². The standard InChI is InChI=1S/C18H25ClN2O2/c1-13-10-14(2)12-21(11-13)17(22)4-3-9-20-18(23)15-5-7-16(19)8-6-15/h5-8,13-14H,3-4,9-12H2,1-2H3,(H,20,23)/t13-,14-/m0/s1. The van der Waals surface area contributed by atoms with Crippen molar-refractivity contribution in [3.8, 4) is 0 Å². The van der Waals surface area contributed by atoms with Gasteiger partial charge in [0.2, 0.25) is 5.91 Å². The first-order valence-electron chi connectivity index (χ1n) is 8.27. The zero-order valence-electron chi connectivity index (χ0n) is 13.8. The van der Waals surface area contributed by atoms with Gasteiger partial charge in [0.05, 0.1) is 0 Å². The number of carbonyl (C=O) groups is 2. The van der Waals surface area contributed by atoms with Gasteiger partial charge in [-0.1, -0.05) is 25.4 Å². The lowest BCUT2D eigenvalue weighted by Crippen LogP contribution is -2.42. The quantitative estimate of drug-likeness (QED) is 0.838. The maximum Gasteiger partial charge on any atom is 0.251 e. The van der Waals surface area contributed by atoms with Gasteiger partial charge in [-0.3, -0.25) is 9.59 Å². The molecule has 0 aromatic heterocycles. The number of nitrogens with one attached hydrogen (secondary N) is 1. The summed E-state index contributed by atoms with van der Waals surface area (Å²) in [4.78, 5) is 26.2. The molecule has 5 heteroatoms. The lowest BCUT2D eigenvalue weighted by Gasteiger charge is -2.35. The summed E-state index contributed by atoms with van der Waals surface area (Å²) in [7, 11) is 0. The number of benzene rings is 1. The molecule has 126 valence electrons. The lowest BCUT2D eigenvalue weighted by molar-refractivity contribution is -0.133. The van der Waals surface area contributed by atoms with E-state index in [2.05, 4.69) is 19.2 Å². The third kappa shape index (κ3) is 5.54. The normalized spacial score (nSPS) is 21.1. The minimum Gasteiger partial charge on any atom is -0.352 e. The molecule has 1 aromatic carbocycles. The van der Waals surface area contributed by atoms with E-state index in [-0.39, 0.29) is 11.8 Å². The molecular formula is C18H25ClN2O2. The van der Waals surface area contributed by atoms with Crippen LogP contribution in [-0.4, -0.2) is 36.3 Å². The number of nitrogens with zero attached hydrogens (tertiary/aromatic N) is 1. The predicted molar refractivity (Wildman–Crippen MR) is 92.5 cm³/mol. The molecule has 0 saturated carbocycles. The Bertz CT molecular complexity index is 534. The van der Waals surface area contributed by atoms with E-state index in [1.54, 1.807) is 24.3 Å². The second-order valence-corrected chi connectivity index (χ2v) is 7.05. The van der Waals surface area contributed by atoms with Crippen LogP contribution in [-0.2, 0) is 4.79 Å². The van der Waals surface area contributed by atoms with Crippen LogP contribution in [0.15, 0.2) is 24.3 Å². The smallest absolute Gasteiger partial charge is 0.251 e. The van der Waals surface area contributed by atoms with E-state index < -0.39 is 0 Å². The largest absolute Gasteiger partial charge is 0.352 e. The molecule has 2 amide bonds. The van der Waals surface area contributed by atoms with Crippen molar-refractivity contribution in [2.45, 2.75) is 33.1 Å². The van der Waals surface area contributed by atoms with Gasteiger partial charge in [0, 0.05) is 36.6 Å². The number of hydrogen-bond acceptors (Lipinski definition) is 2. The van der Waals surface area contributed by atoms with Crippen molar-refractivity contribution >= 4 is 23.4 Å². The minimum atomic E-state index is -0.130. The van der Waals surface area contributed by atoms with Crippen LogP contribution < -0.4 is 5.32 Å². The maximum atomic E-state index is 12.2. The molecule has 0 aliphatic carbocycles.